The number of halogens is 1. The number of fused-ring (bicyclic) bond motifs is 1. The summed E-state index contributed by atoms with van der Waals surface area (Å²) in [6, 6.07) is 1.40. The second kappa shape index (κ2) is 9.46. The van der Waals surface area contributed by atoms with Gasteiger partial charge in [-0.15, -0.1) is 0 Å². The minimum absolute atomic E-state index is 0.332. The van der Waals surface area contributed by atoms with E-state index in [4.69, 9.17) is 18.6 Å². The van der Waals surface area contributed by atoms with Crippen molar-refractivity contribution in [2.45, 2.75) is 108 Å². The van der Waals surface area contributed by atoms with Crippen molar-refractivity contribution in [3.8, 4) is 0 Å². The van der Waals surface area contributed by atoms with Crippen LogP contribution in [0.2, 0.25) is 16.6 Å². The van der Waals surface area contributed by atoms with E-state index in [0.717, 1.165) is 0 Å². The first-order valence-corrected chi connectivity index (χ1v) is 14.7. The lowest BCUT2D eigenvalue weighted by molar-refractivity contribution is -0.200. The van der Waals surface area contributed by atoms with Crippen LogP contribution in [0.3, 0.4) is 0 Å². The van der Waals surface area contributed by atoms with Crippen molar-refractivity contribution < 1.29 is 18.6 Å². The minimum atomic E-state index is -2.11. The predicted molar refractivity (Wildman–Crippen MR) is 129 cm³/mol. The van der Waals surface area contributed by atoms with Crippen LogP contribution in [0.15, 0.2) is 15.7 Å². The normalized spacial score (nSPS) is 27.6. The Balaban J connectivity index is 1.95. The molecule has 2 saturated heterocycles. The van der Waals surface area contributed by atoms with Crippen LogP contribution in [0.5, 0.6) is 0 Å². The van der Waals surface area contributed by atoms with Crippen LogP contribution in [0.25, 0.3) is 0 Å². The summed E-state index contributed by atoms with van der Waals surface area (Å²) in [5.74, 6) is -0.807. The topological polar surface area (TPSA) is 91.8 Å². The van der Waals surface area contributed by atoms with Crippen LogP contribution in [0.4, 0.5) is 0 Å². The molecule has 0 bridgehead atoms. The van der Waals surface area contributed by atoms with Gasteiger partial charge in [-0.1, -0.05) is 57.5 Å². The summed E-state index contributed by atoms with van der Waals surface area (Å²) < 4.78 is 27.0. The van der Waals surface area contributed by atoms with Crippen molar-refractivity contribution in [2.75, 3.05) is 6.61 Å². The molecule has 0 amide bonds. The van der Waals surface area contributed by atoms with Gasteiger partial charge in [-0.25, -0.2) is 4.79 Å². The van der Waals surface area contributed by atoms with E-state index in [-0.39, 0.29) is 6.10 Å². The standard InChI is InChI=1S/C22H37BrN2O6Si/c1-12(2)32(13(3)4,14(5)6)28-11-16-18-19(31-22(7,8)30-18)20(29-16)25-15(10-23)9-17(26)24-21(25)27/h9,12-14,16,18-20H,10-11H2,1-8H3,(H,24,26,27)/t16-,18-,19-,20-/m1/s1. The van der Waals surface area contributed by atoms with E-state index in [1.54, 1.807) is 0 Å². The summed E-state index contributed by atoms with van der Waals surface area (Å²) in [6.07, 6.45) is -1.99. The Morgan fingerprint density at radius 3 is 2.19 bits per heavy atom. The molecule has 3 heterocycles. The Morgan fingerprint density at radius 2 is 1.66 bits per heavy atom. The van der Waals surface area contributed by atoms with Gasteiger partial charge in [0.05, 0.1) is 6.61 Å². The molecule has 0 unspecified atom stereocenters. The molecule has 0 radical (unpaired) electrons. The molecule has 10 heteroatoms. The van der Waals surface area contributed by atoms with Gasteiger partial charge >= 0.3 is 5.69 Å². The summed E-state index contributed by atoms with van der Waals surface area (Å²) in [7, 11) is -2.11. The zero-order valence-corrected chi connectivity index (χ0v) is 22.9. The fourth-order valence-electron chi connectivity index (χ4n) is 5.66. The van der Waals surface area contributed by atoms with Crippen LogP contribution in [-0.4, -0.2) is 48.6 Å². The first-order chi connectivity index (χ1) is 14.8. The lowest BCUT2D eigenvalue weighted by Gasteiger charge is -2.43. The maximum atomic E-state index is 12.7. The minimum Gasteiger partial charge on any atom is -0.413 e. The summed E-state index contributed by atoms with van der Waals surface area (Å²) in [5, 5.41) is 0.332. The number of H-pyrrole nitrogens is 1. The molecule has 8 nitrogen and oxygen atoms in total. The van der Waals surface area contributed by atoms with Gasteiger partial charge < -0.3 is 18.6 Å². The Kier molecular flexibility index (Phi) is 7.64. The van der Waals surface area contributed by atoms with Crippen molar-refractivity contribution in [3.63, 3.8) is 0 Å². The number of nitrogens with zero attached hydrogens (tertiary/aromatic N) is 1. The average molecular weight is 534 g/mol. The zero-order chi connectivity index (χ0) is 24.0. The van der Waals surface area contributed by atoms with Gasteiger partial charge in [-0.2, -0.15) is 0 Å². The summed E-state index contributed by atoms with van der Waals surface area (Å²) in [6.45, 7) is 17.6. The van der Waals surface area contributed by atoms with E-state index in [1.165, 1.54) is 10.6 Å². The highest BCUT2D eigenvalue weighted by molar-refractivity contribution is 9.08. The Hall–Kier alpha value is -0.783. The van der Waals surface area contributed by atoms with E-state index >= 15 is 0 Å². The summed E-state index contributed by atoms with van der Waals surface area (Å²) >= 11 is 3.38. The van der Waals surface area contributed by atoms with Crippen LogP contribution in [0.1, 0.15) is 67.3 Å². The molecule has 1 aromatic heterocycles. The first kappa shape index (κ1) is 25.8. The van der Waals surface area contributed by atoms with Gasteiger partial charge in [0.2, 0.25) is 0 Å². The fourth-order valence-corrected chi connectivity index (χ4v) is 11.5. The number of rotatable bonds is 8. The number of hydrogen-bond donors (Lipinski definition) is 1. The van der Waals surface area contributed by atoms with E-state index in [0.29, 0.717) is 34.3 Å². The fraction of sp³-hybridized carbons (Fsp3) is 0.818. The third-order valence-electron chi connectivity index (χ3n) is 6.78. The van der Waals surface area contributed by atoms with E-state index in [1.807, 2.05) is 13.8 Å². The number of hydrogen-bond acceptors (Lipinski definition) is 6. The van der Waals surface area contributed by atoms with Gasteiger partial charge in [-0.05, 0) is 30.5 Å². The molecule has 4 atom stereocenters. The maximum Gasteiger partial charge on any atom is 0.330 e. The van der Waals surface area contributed by atoms with E-state index in [2.05, 4.69) is 62.5 Å². The second-order valence-electron chi connectivity index (χ2n) is 10.2. The molecule has 1 N–H and O–H groups in total. The summed E-state index contributed by atoms with van der Waals surface area (Å²) in [4.78, 5) is 26.9. The number of nitrogens with one attached hydrogen (secondary N) is 1. The molecule has 32 heavy (non-hydrogen) atoms. The highest BCUT2D eigenvalue weighted by Crippen LogP contribution is 2.46. The third kappa shape index (κ3) is 4.59. The number of aromatic amines is 1. The highest BCUT2D eigenvalue weighted by Gasteiger charge is 2.57. The Bertz CT molecular complexity index is 906. The second-order valence-corrected chi connectivity index (χ2v) is 16.2. The van der Waals surface area contributed by atoms with Gasteiger partial charge in [0, 0.05) is 17.1 Å². The molecule has 3 rings (SSSR count). The third-order valence-corrected chi connectivity index (χ3v) is 13.4. The molecule has 0 aliphatic carbocycles. The predicted octanol–water partition coefficient (Wildman–Crippen LogP) is 4.04. The van der Waals surface area contributed by atoms with Crippen molar-refractivity contribution >= 4 is 24.2 Å². The van der Waals surface area contributed by atoms with E-state index in [9.17, 15) is 9.59 Å². The smallest absolute Gasteiger partial charge is 0.330 e. The lowest BCUT2D eigenvalue weighted by atomic mass is 10.1. The molecule has 2 aliphatic rings. The molecule has 2 aliphatic heterocycles. The van der Waals surface area contributed by atoms with Crippen LogP contribution in [0, 0.1) is 0 Å². The maximum absolute atomic E-state index is 12.7. The van der Waals surface area contributed by atoms with Crippen molar-refractivity contribution in [1.29, 1.82) is 0 Å². The van der Waals surface area contributed by atoms with Crippen molar-refractivity contribution in [1.82, 2.24) is 9.55 Å². The zero-order valence-electron chi connectivity index (χ0n) is 20.3. The Labute approximate surface area is 199 Å². The molecule has 2 fully saturated rings. The van der Waals surface area contributed by atoms with E-state index < -0.39 is 43.8 Å². The number of aromatic nitrogens is 2. The highest BCUT2D eigenvalue weighted by atomic mass is 79.9. The quantitative estimate of drug-likeness (QED) is 0.401. The molecule has 1 aromatic rings. The molecule has 0 saturated carbocycles. The largest absolute Gasteiger partial charge is 0.413 e. The molecule has 182 valence electrons. The van der Waals surface area contributed by atoms with Gasteiger partial charge in [0.1, 0.15) is 18.3 Å². The monoisotopic (exact) mass is 532 g/mol. The average Bonchev–Trinajstić information content (AvgIpc) is 3.14. The summed E-state index contributed by atoms with van der Waals surface area (Å²) in [5.41, 5.74) is 0.868. The van der Waals surface area contributed by atoms with Crippen LogP contribution < -0.4 is 11.2 Å². The SMILES string of the molecule is CC(C)[Si](OC[C@H]1O[C@@H](n2c(CBr)cc(=O)[nH]c2=O)[C@@H]2OC(C)(C)O[C@@H]21)(C(C)C)C(C)C. The van der Waals surface area contributed by atoms with Gasteiger partial charge in [0.25, 0.3) is 5.56 Å². The molecular formula is C22H37BrN2O6Si. The number of ether oxygens (including phenoxy) is 3. The van der Waals surface area contributed by atoms with Gasteiger partial charge in [0.15, 0.2) is 20.3 Å². The van der Waals surface area contributed by atoms with Gasteiger partial charge in [-0.3, -0.25) is 14.3 Å². The molecule has 0 aromatic carbocycles. The Morgan fingerprint density at radius 1 is 1.09 bits per heavy atom. The van der Waals surface area contributed by atoms with Crippen molar-refractivity contribution in [2.24, 2.45) is 0 Å². The first-order valence-electron chi connectivity index (χ1n) is 11.4. The lowest BCUT2D eigenvalue weighted by Crippen LogP contribution is -2.50. The van der Waals surface area contributed by atoms with Crippen LogP contribution >= 0.6 is 15.9 Å². The van der Waals surface area contributed by atoms with Crippen LogP contribution in [-0.2, 0) is 24.0 Å². The van der Waals surface area contributed by atoms with Crippen molar-refractivity contribution in [3.05, 3.63) is 32.6 Å². The molecule has 0 spiro atoms. The number of alkyl halides is 1. The molecular weight excluding hydrogens is 496 g/mol.